The first-order valence-corrected chi connectivity index (χ1v) is 5.28. The van der Waals surface area contributed by atoms with Crippen LogP contribution in [0.3, 0.4) is 0 Å². The lowest BCUT2D eigenvalue weighted by Gasteiger charge is -2.14. The van der Waals surface area contributed by atoms with E-state index in [9.17, 15) is 14.5 Å². The highest BCUT2D eigenvalue weighted by Gasteiger charge is 2.19. The zero-order valence-corrected chi connectivity index (χ0v) is 9.99. The van der Waals surface area contributed by atoms with Crippen molar-refractivity contribution in [1.82, 2.24) is 0 Å². The van der Waals surface area contributed by atoms with Gasteiger partial charge in [0.15, 0.2) is 11.6 Å². The average molecular weight is 242 g/mol. The second-order valence-electron chi connectivity index (χ2n) is 3.71. The summed E-state index contributed by atoms with van der Waals surface area (Å²) < 4.78 is 18.5. The monoisotopic (exact) mass is 242 g/mol. The number of nitro groups is 1. The van der Waals surface area contributed by atoms with Crippen molar-refractivity contribution in [3.63, 3.8) is 0 Å². The molecule has 0 spiro atoms. The molecule has 6 heteroatoms. The van der Waals surface area contributed by atoms with Gasteiger partial charge in [-0.1, -0.05) is 6.92 Å². The van der Waals surface area contributed by atoms with Crippen molar-refractivity contribution in [2.75, 3.05) is 12.4 Å². The quantitative estimate of drug-likeness (QED) is 0.636. The molecule has 0 aliphatic rings. The Kier molecular flexibility index (Phi) is 4.25. The molecule has 0 heterocycles. The van der Waals surface area contributed by atoms with E-state index in [0.717, 1.165) is 12.5 Å². The summed E-state index contributed by atoms with van der Waals surface area (Å²) in [6.07, 6.45) is 0.818. The molecule has 1 unspecified atom stereocenters. The van der Waals surface area contributed by atoms with Gasteiger partial charge in [-0.15, -0.1) is 0 Å². The van der Waals surface area contributed by atoms with Crippen LogP contribution in [0.4, 0.5) is 15.8 Å². The van der Waals surface area contributed by atoms with Gasteiger partial charge in [0.2, 0.25) is 0 Å². The third-order valence-corrected chi connectivity index (χ3v) is 2.48. The first-order chi connectivity index (χ1) is 7.99. The summed E-state index contributed by atoms with van der Waals surface area (Å²) in [4.78, 5) is 9.99. The van der Waals surface area contributed by atoms with Gasteiger partial charge in [-0.3, -0.25) is 10.1 Å². The van der Waals surface area contributed by atoms with Crippen molar-refractivity contribution in [3.05, 3.63) is 28.1 Å². The summed E-state index contributed by atoms with van der Waals surface area (Å²) in [6, 6.07) is 2.25. The zero-order chi connectivity index (χ0) is 13.0. The van der Waals surface area contributed by atoms with Gasteiger partial charge in [0.1, 0.15) is 0 Å². The fourth-order valence-corrected chi connectivity index (χ4v) is 1.33. The fraction of sp³-hybridized carbons (Fsp3) is 0.455. The van der Waals surface area contributed by atoms with Crippen molar-refractivity contribution < 1.29 is 14.1 Å². The molecule has 0 aromatic heterocycles. The van der Waals surface area contributed by atoms with Crippen molar-refractivity contribution >= 4 is 11.4 Å². The molecule has 0 amide bonds. The Morgan fingerprint density at radius 3 is 2.71 bits per heavy atom. The first-order valence-electron chi connectivity index (χ1n) is 5.28. The van der Waals surface area contributed by atoms with Crippen LogP contribution in [0.2, 0.25) is 0 Å². The van der Waals surface area contributed by atoms with Crippen molar-refractivity contribution in [1.29, 1.82) is 0 Å². The van der Waals surface area contributed by atoms with E-state index in [1.807, 2.05) is 13.8 Å². The second-order valence-corrected chi connectivity index (χ2v) is 3.71. The van der Waals surface area contributed by atoms with Crippen molar-refractivity contribution in [2.45, 2.75) is 26.3 Å². The number of benzene rings is 1. The predicted molar refractivity (Wildman–Crippen MR) is 63.0 cm³/mol. The highest BCUT2D eigenvalue weighted by Crippen LogP contribution is 2.32. The number of rotatable bonds is 5. The van der Waals surface area contributed by atoms with Crippen LogP contribution in [0.15, 0.2) is 12.1 Å². The molecule has 1 aromatic rings. The van der Waals surface area contributed by atoms with Crippen LogP contribution in [0.1, 0.15) is 20.3 Å². The third kappa shape index (κ3) is 3.05. The molecule has 17 heavy (non-hydrogen) atoms. The van der Waals surface area contributed by atoms with E-state index in [1.54, 1.807) is 0 Å². The summed E-state index contributed by atoms with van der Waals surface area (Å²) in [6.45, 7) is 3.85. The van der Waals surface area contributed by atoms with Gasteiger partial charge in [-0.05, 0) is 13.3 Å². The molecule has 5 nitrogen and oxygen atoms in total. The molecule has 1 N–H and O–H groups in total. The van der Waals surface area contributed by atoms with Gasteiger partial charge < -0.3 is 10.1 Å². The lowest BCUT2D eigenvalue weighted by atomic mass is 10.2. The predicted octanol–water partition coefficient (Wildman–Crippen LogP) is 2.95. The van der Waals surface area contributed by atoms with Crippen LogP contribution in [0.25, 0.3) is 0 Å². The second kappa shape index (κ2) is 5.47. The Labute approximate surface area is 98.7 Å². The number of nitrogens with one attached hydrogen (secondary N) is 1. The summed E-state index contributed by atoms with van der Waals surface area (Å²) in [7, 11) is 1.31. The summed E-state index contributed by atoms with van der Waals surface area (Å²) in [5, 5.41) is 13.6. The lowest BCUT2D eigenvalue weighted by molar-refractivity contribution is -0.385. The molecule has 0 aliphatic carbocycles. The van der Waals surface area contributed by atoms with Crippen LogP contribution in [0.5, 0.6) is 5.75 Å². The lowest BCUT2D eigenvalue weighted by Crippen LogP contribution is -2.14. The van der Waals surface area contributed by atoms with Gasteiger partial charge >= 0.3 is 5.69 Å². The standard InChI is InChI=1S/C11H15FN2O3/c1-4-7(2)13-9-6-11(17-3)10(14(15)16)5-8(9)12/h5-7,13H,4H2,1-3H3. The number of hydrogen-bond acceptors (Lipinski definition) is 4. The average Bonchev–Trinajstić information content (AvgIpc) is 2.30. The van der Waals surface area contributed by atoms with Crippen LogP contribution in [-0.2, 0) is 0 Å². The maximum Gasteiger partial charge on any atom is 0.313 e. The van der Waals surface area contributed by atoms with Crippen molar-refractivity contribution in [3.8, 4) is 5.75 Å². The molecular formula is C11H15FN2O3. The van der Waals surface area contributed by atoms with Crippen LogP contribution in [-0.4, -0.2) is 18.1 Å². The molecule has 0 bridgehead atoms. The van der Waals surface area contributed by atoms with E-state index in [1.165, 1.54) is 13.2 Å². The van der Waals surface area contributed by atoms with Gasteiger partial charge in [-0.25, -0.2) is 4.39 Å². The maximum atomic E-state index is 13.6. The largest absolute Gasteiger partial charge is 0.490 e. The topological polar surface area (TPSA) is 64.4 Å². The molecular weight excluding hydrogens is 227 g/mol. The minimum absolute atomic E-state index is 0.0437. The molecule has 0 radical (unpaired) electrons. The zero-order valence-electron chi connectivity index (χ0n) is 9.99. The Balaban J connectivity index is 3.13. The molecule has 0 fully saturated rings. The number of nitro benzene ring substituents is 1. The van der Waals surface area contributed by atoms with E-state index >= 15 is 0 Å². The molecule has 1 aromatic carbocycles. The maximum absolute atomic E-state index is 13.6. The van der Waals surface area contributed by atoms with E-state index in [4.69, 9.17) is 4.74 Å². The smallest absolute Gasteiger partial charge is 0.313 e. The molecule has 0 saturated heterocycles. The SMILES string of the molecule is CCC(C)Nc1cc(OC)c([N+](=O)[O-])cc1F. The minimum atomic E-state index is -0.672. The number of nitrogens with zero attached hydrogens (tertiary/aromatic N) is 1. The number of ether oxygens (including phenoxy) is 1. The third-order valence-electron chi connectivity index (χ3n) is 2.48. The Morgan fingerprint density at radius 2 is 2.24 bits per heavy atom. The Hall–Kier alpha value is -1.85. The number of halogens is 1. The highest BCUT2D eigenvalue weighted by atomic mass is 19.1. The van der Waals surface area contributed by atoms with Gasteiger partial charge in [-0.2, -0.15) is 0 Å². The minimum Gasteiger partial charge on any atom is -0.490 e. The van der Waals surface area contributed by atoms with E-state index in [2.05, 4.69) is 5.32 Å². The normalized spacial score (nSPS) is 12.0. The molecule has 0 saturated carbocycles. The van der Waals surface area contributed by atoms with Crippen LogP contribution >= 0.6 is 0 Å². The molecule has 94 valence electrons. The highest BCUT2D eigenvalue weighted by molar-refractivity contribution is 5.59. The van der Waals surface area contributed by atoms with Gasteiger partial charge in [0.05, 0.1) is 23.8 Å². The van der Waals surface area contributed by atoms with Gasteiger partial charge in [0, 0.05) is 12.1 Å². The molecule has 0 aliphatic heterocycles. The van der Waals surface area contributed by atoms with Gasteiger partial charge in [0.25, 0.3) is 0 Å². The Morgan fingerprint density at radius 1 is 1.59 bits per heavy atom. The Bertz CT molecular complexity index is 423. The summed E-state index contributed by atoms with van der Waals surface area (Å²) in [5.41, 5.74) is -0.165. The van der Waals surface area contributed by atoms with Crippen LogP contribution < -0.4 is 10.1 Å². The summed E-state index contributed by atoms with van der Waals surface area (Å²) in [5.74, 6) is -0.611. The summed E-state index contributed by atoms with van der Waals surface area (Å²) >= 11 is 0. The first kappa shape index (κ1) is 13.2. The molecule has 1 rings (SSSR count). The number of anilines is 1. The molecule has 1 atom stereocenters. The number of methoxy groups -OCH3 is 1. The van der Waals surface area contributed by atoms with Crippen LogP contribution in [0, 0.1) is 15.9 Å². The van der Waals surface area contributed by atoms with Crippen molar-refractivity contribution in [2.24, 2.45) is 0 Å². The number of hydrogen-bond donors (Lipinski definition) is 1. The van der Waals surface area contributed by atoms with E-state index in [-0.39, 0.29) is 23.2 Å². The van der Waals surface area contributed by atoms with E-state index in [0.29, 0.717) is 0 Å². The van der Waals surface area contributed by atoms with E-state index < -0.39 is 10.7 Å². The fourth-order valence-electron chi connectivity index (χ4n) is 1.33.